The lowest BCUT2D eigenvalue weighted by atomic mass is 9.97. The van der Waals surface area contributed by atoms with Gasteiger partial charge in [-0.15, -0.1) is 0 Å². The van der Waals surface area contributed by atoms with Gasteiger partial charge < -0.3 is 4.74 Å². The van der Waals surface area contributed by atoms with Crippen LogP contribution in [-0.4, -0.2) is 11.9 Å². The molecule has 1 rings (SSSR count). The minimum absolute atomic E-state index is 0.220. The minimum atomic E-state index is -0.668. The van der Waals surface area contributed by atoms with Crippen LogP contribution in [0.2, 0.25) is 0 Å². The standard InChI is InChI=1S/C17H22O3/c1-11(2)10-14-6-8-15(9-7-14)13(5)17(19)20-16(18)12(3)4/h6-9,11,13H,3,10H2,1-2,4-5H3. The largest absolute Gasteiger partial charge is 0.389 e. The molecule has 3 nitrogen and oxygen atoms in total. The van der Waals surface area contributed by atoms with E-state index in [1.54, 1.807) is 6.92 Å². The second kappa shape index (κ2) is 7.04. The third-order valence-corrected chi connectivity index (χ3v) is 3.02. The molecule has 1 aromatic rings. The summed E-state index contributed by atoms with van der Waals surface area (Å²) in [5.41, 5.74) is 2.30. The fraction of sp³-hybridized carbons (Fsp3) is 0.412. The van der Waals surface area contributed by atoms with Crippen LogP contribution in [0.1, 0.15) is 44.7 Å². The van der Waals surface area contributed by atoms with Crippen molar-refractivity contribution in [3.05, 3.63) is 47.5 Å². The van der Waals surface area contributed by atoms with Crippen molar-refractivity contribution in [3.8, 4) is 0 Å². The van der Waals surface area contributed by atoms with Crippen molar-refractivity contribution < 1.29 is 14.3 Å². The highest BCUT2D eigenvalue weighted by molar-refractivity contribution is 5.97. The molecule has 0 aromatic heterocycles. The molecule has 1 aromatic carbocycles. The predicted molar refractivity (Wildman–Crippen MR) is 79.3 cm³/mol. The van der Waals surface area contributed by atoms with E-state index in [1.807, 2.05) is 24.3 Å². The number of carbonyl (C=O) groups excluding carboxylic acids is 2. The van der Waals surface area contributed by atoms with Crippen molar-refractivity contribution in [2.24, 2.45) is 5.92 Å². The van der Waals surface area contributed by atoms with E-state index in [4.69, 9.17) is 4.74 Å². The van der Waals surface area contributed by atoms with Crippen LogP contribution in [0.3, 0.4) is 0 Å². The summed E-state index contributed by atoms with van der Waals surface area (Å²) in [7, 11) is 0. The SMILES string of the molecule is C=C(C)C(=O)OC(=O)C(C)c1ccc(CC(C)C)cc1. The Balaban J connectivity index is 2.72. The number of rotatable bonds is 5. The smallest absolute Gasteiger partial charge is 0.340 e. The number of benzene rings is 1. The Kier molecular flexibility index (Phi) is 5.68. The Bertz CT molecular complexity index is 497. The fourth-order valence-electron chi connectivity index (χ4n) is 1.82. The van der Waals surface area contributed by atoms with Crippen molar-refractivity contribution in [2.75, 3.05) is 0 Å². The third-order valence-electron chi connectivity index (χ3n) is 3.02. The van der Waals surface area contributed by atoms with Crippen molar-refractivity contribution in [1.82, 2.24) is 0 Å². The number of ether oxygens (including phenoxy) is 1. The van der Waals surface area contributed by atoms with E-state index in [1.165, 1.54) is 12.5 Å². The Morgan fingerprint density at radius 2 is 1.70 bits per heavy atom. The van der Waals surface area contributed by atoms with Gasteiger partial charge in [-0.2, -0.15) is 0 Å². The first-order valence-corrected chi connectivity index (χ1v) is 6.81. The van der Waals surface area contributed by atoms with Crippen LogP contribution in [0, 0.1) is 5.92 Å². The van der Waals surface area contributed by atoms with Gasteiger partial charge in [-0.25, -0.2) is 4.79 Å². The molecule has 108 valence electrons. The second-order valence-electron chi connectivity index (χ2n) is 5.55. The second-order valence-corrected chi connectivity index (χ2v) is 5.55. The number of carbonyl (C=O) groups is 2. The van der Waals surface area contributed by atoms with Crippen LogP contribution in [0.15, 0.2) is 36.4 Å². The lowest BCUT2D eigenvalue weighted by molar-refractivity contribution is -0.157. The van der Waals surface area contributed by atoms with E-state index in [2.05, 4.69) is 20.4 Å². The molecule has 0 fully saturated rings. The first-order valence-electron chi connectivity index (χ1n) is 6.81. The molecule has 0 N–H and O–H groups in total. The molecule has 0 amide bonds. The summed E-state index contributed by atoms with van der Waals surface area (Å²) >= 11 is 0. The maximum atomic E-state index is 11.8. The van der Waals surface area contributed by atoms with Gasteiger partial charge in [0.15, 0.2) is 0 Å². The first-order chi connectivity index (χ1) is 9.31. The van der Waals surface area contributed by atoms with Gasteiger partial charge in [0.05, 0.1) is 5.92 Å². The number of hydrogen-bond donors (Lipinski definition) is 0. The highest BCUT2D eigenvalue weighted by Crippen LogP contribution is 2.19. The monoisotopic (exact) mass is 274 g/mol. The molecule has 1 unspecified atom stereocenters. The van der Waals surface area contributed by atoms with Crippen molar-refractivity contribution in [3.63, 3.8) is 0 Å². The molecular formula is C17H22O3. The normalized spacial score (nSPS) is 12.1. The highest BCUT2D eigenvalue weighted by atomic mass is 16.6. The zero-order valence-electron chi connectivity index (χ0n) is 12.6. The highest BCUT2D eigenvalue weighted by Gasteiger charge is 2.20. The Hall–Kier alpha value is -1.90. The van der Waals surface area contributed by atoms with Crippen molar-refractivity contribution >= 4 is 11.9 Å². The molecule has 3 heteroatoms. The van der Waals surface area contributed by atoms with E-state index in [-0.39, 0.29) is 5.57 Å². The fourth-order valence-corrected chi connectivity index (χ4v) is 1.82. The molecule has 0 saturated carbocycles. The van der Waals surface area contributed by atoms with Crippen LogP contribution in [0.4, 0.5) is 0 Å². The van der Waals surface area contributed by atoms with Gasteiger partial charge in [-0.3, -0.25) is 4.79 Å². The van der Waals surface area contributed by atoms with Gasteiger partial charge in [0.1, 0.15) is 0 Å². The first kappa shape index (κ1) is 16.2. The average Bonchev–Trinajstić information content (AvgIpc) is 2.37. The molecule has 0 saturated heterocycles. The van der Waals surface area contributed by atoms with E-state index in [0.717, 1.165) is 12.0 Å². The Morgan fingerprint density at radius 3 is 2.15 bits per heavy atom. The summed E-state index contributed by atoms with van der Waals surface area (Å²) in [5.74, 6) is -1.09. The van der Waals surface area contributed by atoms with Gasteiger partial charge in [-0.05, 0) is 37.3 Å². The molecule has 0 aliphatic rings. The minimum Gasteiger partial charge on any atom is -0.389 e. The average molecular weight is 274 g/mol. The molecule has 0 aliphatic carbocycles. The summed E-state index contributed by atoms with van der Waals surface area (Å²) in [6.07, 6.45) is 1.01. The molecule has 20 heavy (non-hydrogen) atoms. The van der Waals surface area contributed by atoms with Crippen LogP contribution in [-0.2, 0) is 20.7 Å². The number of esters is 2. The van der Waals surface area contributed by atoms with Gasteiger partial charge in [0.25, 0.3) is 0 Å². The summed E-state index contributed by atoms with van der Waals surface area (Å²) in [6, 6.07) is 7.85. The molecule has 0 spiro atoms. The molecule has 0 bridgehead atoms. The van der Waals surface area contributed by atoms with Crippen LogP contribution >= 0.6 is 0 Å². The lowest BCUT2D eigenvalue weighted by Crippen LogP contribution is -2.18. The van der Waals surface area contributed by atoms with Crippen LogP contribution < -0.4 is 0 Å². The van der Waals surface area contributed by atoms with Gasteiger partial charge in [0, 0.05) is 5.57 Å². The van der Waals surface area contributed by atoms with Crippen molar-refractivity contribution in [2.45, 2.75) is 40.0 Å². The zero-order chi connectivity index (χ0) is 15.3. The van der Waals surface area contributed by atoms with E-state index in [9.17, 15) is 9.59 Å². The summed E-state index contributed by atoms with van der Waals surface area (Å²) in [4.78, 5) is 23.2. The molecule has 1 atom stereocenters. The molecular weight excluding hydrogens is 252 g/mol. The van der Waals surface area contributed by atoms with Gasteiger partial charge in [0.2, 0.25) is 0 Å². The summed E-state index contributed by atoms with van der Waals surface area (Å²) in [6.45, 7) is 11.0. The van der Waals surface area contributed by atoms with E-state index >= 15 is 0 Å². The quantitative estimate of drug-likeness (QED) is 0.468. The molecule has 0 heterocycles. The van der Waals surface area contributed by atoms with Gasteiger partial charge in [-0.1, -0.05) is 44.7 Å². The maximum Gasteiger partial charge on any atom is 0.340 e. The topological polar surface area (TPSA) is 43.4 Å². The molecule has 0 aliphatic heterocycles. The van der Waals surface area contributed by atoms with Crippen LogP contribution in [0.5, 0.6) is 0 Å². The van der Waals surface area contributed by atoms with E-state index < -0.39 is 17.9 Å². The zero-order valence-corrected chi connectivity index (χ0v) is 12.6. The number of hydrogen-bond acceptors (Lipinski definition) is 3. The van der Waals surface area contributed by atoms with E-state index in [0.29, 0.717) is 5.92 Å². The third kappa shape index (κ3) is 4.65. The molecule has 0 radical (unpaired) electrons. The Morgan fingerprint density at radius 1 is 1.15 bits per heavy atom. The Labute approximate surface area is 120 Å². The summed E-state index contributed by atoms with van der Waals surface area (Å²) in [5, 5.41) is 0. The lowest BCUT2D eigenvalue weighted by Gasteiger charge is -2.12. The summed E-state index contributed by atoms with van der Waals surface area (Å²) < 4.78 is 4.75. The van der Waals surface area contributed by atoms with Crippen molar-refractivity contribution in [1.29, 1.82) is 0 Å². The maximum absolute atomic E-state index is 11.8. The van der Waals surface area contributed by atoms with Gasteiger partial charge >= 0.3 is 11.9 Å². The predicted octanol–water partition coefficient (Wildman–Crippen LogP) is 3.63. The van der Waals surface area contributed by atoms with Crippen LogP contribution in [0.25, 0.3) is 0 Å².